The van der Waals surface area contributed by atoms with Crippen molar-refractivity contribution in [2.45, 2.75) is 19.6 Å². The number of ether oxygens (including phenoxy) is 1. The summed E-state index contributed by atoms with van der Waals surface area (Å²) in [5, 5.41) is 10.6. The average Bonchev–Trinajstić information content (AvgIpc) is 2.41. The van der Waals surface area contributed by atoms with E-state index in [1.165, 1.54) is 4.57 Å². The van der Waals surface area contributed by atoms with Crippen LogP contribution in [0.25, 0.3) is 0 Å². The van der Waals surface area contributed by atoms with Gasteiger partial charge < -0.3 is 14.9 Å². The number of nitro groups is 1. The zero-order valence-electron chi connectivity index (χ0n) is 6.73. The summed E-state index contributed by atoms with van der Waals surface area (Å²) in [6.07, 6.45) is -0.0469. The van der Waals surface area contributed by atoms with Crippen LogP contribution in [0.5, 0.6) is 6.01 Å². The molecule has 0 spiro atoms. The third-order valence-electron chi connectivity index (χ3n) is 1.78. The monoisotopic (exact) mass is 247 g/mol. The van der Waals surface area contributed by atoms with Crippen molar-refractivity contribution in [3.05, 3.63) is 14.7 Å². The van der Waals surface area contributed by atoms with Gasteiger partial charge in [-0.15, -0.1) is 0 Å². The van der Waals surface area contributed by atoms with Crippen molar-refractivity contribution >= 4 is 21.7 Å². The molecular weight excluding hydrogens is 242 g/mol. The lowest BCUT2D eigenvalue weighted by molar-refractivity contribution is -0.392. The first-order valence-electron chi connectivity index (χ1n) is 3.66. The number of fused-ring (bicyclic) bond motifs is 1. The van der Waals surface area contributed by atoms with Gasteiger partial charge in [0.05, 0.1) is 0 Å². The number of hydrogen-bond donors (Lipinski definition) is 0. The Morgan fingerprint density at radius 1 is 1.85 bits per heavy atom. The first kappa shape index (κ1) is 8.49. The molecule has 13 heavy (non-hydrogen) atoms. The van der Waals surface area contributed by atoms with E-state index in [0.717, 1.165) is 0 Å². The highest BCUT2D eigenvalue weighted by Gasteiger charge is 2.34. The molecule has 2 heterocycles. The van der Waals surface area contributed by atoms with Gasteiger partial charge >= 0.3 is 11.8 Å². The number of aromatic nitrogens is 2. The molecule has 0 fully saturated rings. The van der Waals surface area contributed by atoms with Crippen LogP contribution in [0.15, 0.2) is 4.60 Å². The molecule has 1 aromatic heterocycles. The Hall–Kier alpha value is -1.11. The van der Waals surface area contributed by atoms with Crippen LogP contribution in [0.4, 0.5) is 5.82 Å². The number of nitrogens with zero attached hydrogens (tertiary/aromatic N) is 3. The fraction of sp³-hybridized carbons (Fsp3) is 0.500. The van der Waals surface area contributed by atoms with Gasteiger partial charge in [-0.05, 0) is 27.8 Å². The molecule has 1 atom stereocenters. The second kappa shape index (κ2) is 2.69. The Balaban J connectivity index is 2.52. The third-order valence-corrected chi connectivity index (χ3v) is 2.32. The van der Waals surface area contributed by atoms with E-state index in [1.54, 1.807) is 0 Å². The molecule has 1 aromatic rings. The minimum Gasteiger partial charge on any atom is -0.440 e. The molecule has 0 saturated carbocycles. The van der Waals surface area contributed by atoms with Gasteiger partial charge in [-0.3, -0.25) is 0 Å². The Kier molecular flexibility index (Phi) is 1.76. The summed E-state index contributed by atoms with van der Waals surface area (Å²) in [6.45, 7) is 2.32. The molecule has 6 nitrogen and oxygen atoms in total. The Labute approximate surface area is 81.8 Å². The molecule has 0 saturated heterocycles. The normalized spacial score (nSPS) is 19.7. The minimum absolute atomic E-state index is 0.0423. The van der Waals surface area contributed by atoms with Crippen LogP contribution >= 0.6 is 15.9 Å². The first-order valence-corrected chi connectivity index (χ1v) is 4.46. The molecule has 1 aliphatic rings. The second-order valence-electron chi connectivity index (χ2n) is 2.80. The predicted molar refractivity (Wildman–Crippen MR) is 46.7 cm³/mol. The zero-order chi connectivity index (χ0) is 9.59. The van der Waals surface area contributed by atoms with E-state index >= 15 is 0 Å². The summed E-state index contributed by atoms with van der Waals surface area (Å²) < 4.78 is 6.91. The van der Waals surface area contributed by atoms with Gasteiger partial charge in [-0.2, -0.15) is 9.55 Å². The van der Waals surface area contributed by atoms with Crippen molar-refractivity contribution in [3.8, 4) is 6.01 Å². The van der Waals surface area contributed by atoms with Crippen LogP contribution in [0.1, 0.15) is 6.92 Å². The molecule has 0 N–H and O–H groups in total. The van der Waals surface area contributed by atoms with Crippen LogP contribution in [-0.4, -0.2) is 20.6 Å². The van der Waals surface area contributed by atoms with Crippen LogP contribution < -0.4 is 4.74 Å². The van der Waals surface area contributed by atoms with E-state index in [9.17, 15) is 10.1 Å². The van der Waals surface area contributed by atoms with Crippen molar-refractivity contribution in [1.29, 1.82) is 0 Å². The van der Waals surface area contributed by atoms with Gasteiger partial charge in [0.25, 0.3) is 0 Å². The summed E-state index contributed by atoms with van der Waals surface area (Å²) in [5.41, 5.74) is 0. The third kappa shape index (κ3) is 1.19. The van der Waals surface area contributed by atoms with Crippen LogP contribution in [0.3, 0.4) is 0 Å². The van der Waals surface area contributed by atoms with Crippen LogP contribution in [0, 0.1) is 10.1 Å². The lowest BCUT2D eigenvalue weighted by Crippen LogP contribution is -2.09. The fourth-order valence-electron chi connectivity index (χ4n) is 1.30. The molecule has 1 aliphatic heterocycles. The molecule has 0 bridgehead atoms. The number of halogens is 1. The maximum absolute atomic E-state index is 10.6. The van der Waals surface area contributed by atoms with Crippen molar-refractivity contribution in [3.63, 3.8) is 0 Å². The SMILES string of the molecule is CC1Cn2c(nc(Br)c2[N+](=O)[O-])O1. The molecule has 7 heteroatoms. The van der Waals surface area contributed by atoms with Crippen molar-refractivity contribution in [2.75, 3.05) is 0 Å². The molecule has 0 aliphatic carbocycles. The van der Waals surface area contributed by atoms with Crippen molar-refractivity contribution < 1.29 is 9.66 Å². The molecular formula is C6H6BrN3O3. The average molecular weight is 248 g/mol. The summed E-state index contributed by atoms with van der Waals surface area (Å²) in [4.78, 5) is 14.0. The van der Waals surface area contributed by atoms with Gasteiger partial charge in [0.15, 0.2) is 0 Å². The highest BCUT2D eigenvalue weighted by Crippen LogP contribution is 2.33. The summed E-state index contributed by atoms with van der Waals surface area (Å²) in [7, 11) is 0. The van der Waals surface area contributed by atoms with Crippen molar-refractivity contribution in [1.82, 2.24) is 9.55 Å². The van der Waals surface area contributed by atoms with Gasteiger partial charge in [0, 0.05) is 0 Å². The number of hydrogen-bond acceptors (Lipinski definition) is 4. The second-order valence-corrected chi connectivity index (χ2v) is 3.56. The lowest BCUT2D eigenvalue weighted by atomic mass is 10.4. The van der Waals surface area contributed by atoms with Gasteiger partial charge in [-0.25, -0.2) is 0 Å². The number of imidazole rings is 1. The highest BCUT2D eigenvalue weighted by atomic mass is 79.9. The molecule has 0 aromatic carbocycles. The molecule has 70 valence electrons. The Morgan fingerprint density at radius 3 is 3.15 bits per heavy atom. The Morgan fingerprint density at radius 2 is 2.54 bits per heavy atom. The fourth-order valence-corrected chi connectivity index (χ4v) is 1.81. The quantitative estimate of drug-likeness (QED) is 0.555. The Bertz CT molecular complexity index is 375. The zero-order valence-corrected chi connectivity index (χ0v) is 8.31. The largest absolute Gasteiger partial charge is 0.440 e. The standard InChI is InChI=1S/C6H6BrN3O3/c1-3-2-9-5(10(11)12)4(7)8-6(9)13-3/h3H,2H2,1H3. The van der Waals surface area contributed by atoms with E-state index in [1.807, 2.05) is 6.92 Å². The molecule has 0 amide bonds. The van der Waals surface area contributed by atoms with E-state index in [4.69, 9.17) is 4.74 Å². The van der Waals surface area contributed by atoms with E-state index < -0.39 is 4.92 Å². The smallest absolute Gasteiger partial charge is 0.392 e. The topological polar surface area (TPSA) is 70.2 Å². The maximum atomic E-state index is 10.6. The molecule has 0 radical (unpaired) electrons. The highest BCUT2D eigenvalue weighted by molar-refractivity contribution is 9.10. The van der Waals surface area contributed by atoms with E-state index in [0.29, 0.717) is 12.6 Å². The first-order chi connectivity index (χ1) is 6.09. The van der Waals surface area contributed by atoms with Crippen LogP contribution in [0.2, 0.25) is 0 Å². The van der Waals surface area contributed by atoms with Crippen molar-refractivity contribution in [2.24, 2.45) is 0 Å². The summed E-state index contributed by atoms with van der Waals surface area (Å²) in [5.74, 6) is -0.0423. The number of rotatable bonds is 1. The lowest BCUT2D eigenvalue weighted by Gasteiger charge is -1.97. The summed E-state index contributed by atoms with van der Waals surface area (Å²) >= 11 is 3.01. The van der Waals surface area contributed by atoms with Crippen LogP contribution in [-0.2, 0) is 6.54 Å². The maximum Gasteiger partial charge on any atom is 0.392 e. The predicted octanol–water partition coefficient (Wildman–Crippen LogP) is 1.33. The summed E-state index contributed by atoms with van der Waals surface area (Å²) in [6, 6.07) is 0.311. The van der Waals surface area contributed by atoms with E-state index in [-0.39, 0.29) is 16.5 Å². The van der Waals surface area contributed by atoms with Gasteiger partial charge in [0.2, 0.25) is 4.60 Å². The van der Waals surface area contributed by atoms with E-state index in [2.05, 4.69) is 20.9 Å². The molecule has 1 unspecified atom stereocenters. The molecule has 2 rings (SSSR count). The minimum atomic E-state index is -0.470. The van der Waals surface area contributed by atoms with Gasteiger partial charge in [-0.1, -0.05) is 0 Å². The van der Waals surface area contributed by atoms with Gasteiger partial charge in [0.1, 0.15) is 12.6 Å².